The van der Waals surface area contributed by atoms with Crippen molar-refractivity contribution in [2.75, 3.05) is 31.5 Å². The molecule has 0 spiro atoms. The molecule has 2 aromatic carbocycles. The number of likely N-dealkylation sites (tertiary alicyclic amines) is 1. The van der Waals surface area contributed by atoms with Gasteiger partial charge in [0.05, 0.1) is 0 Å². The summed E-state index contributed by atoms with van der Waals surface area (Å²) in [6.45, 7) is 5.46. The lowest BCUT2D eigenvalue weighted by Crippen LogP contribution is -2.42. The normalized spacial score (nSPS) is 15.1. The average Bonchev–Trinajstić information content (AvgIpc) is 2.75. The summed E-state index contributed by atoms with van der Waals surface area (Å²) in [6, 6.07) is 15.8. The first kappa shape index (κ1) is 21.3. The van der Waals surface area contributed by atoms with Crippen LogP contribution in [-0.4, -0.2) is 42.9 Å². The highest BCUT2D eigenvalue weighted by Crippen LogP contribution is 2.23. The van der Waals surface area contributed by atoms with Gasteiger partial charge in [0.25, 0.3) is 0 Å². The molecule has 0 atom stereocenters. The predicted molar refractivity (Wildman–Crippen MR) is 117 cm³/mol. The first-order chi connectivity index (χ1) is 14.0. The van der Waals surface area contributed by atoms with E-state index in [0.29, 0.717) is 23.2 Å². The molecule has 0 bridgehead atoms. The molecule has 1 aliphatic rings. The van der Waals surface area contributed by atoms with Crippen LogP contribution in [0.4, 0.5) is 5.69 Å². The maximum absolute atomic E-state index is 12.1. The van der Waals surface area contributed by atoms with Crippen molar-refractivity contribution in [2.45, 2.75) is 26.2 Å². The summed E-state index contributed by atoms with van der Waals surface area (Å²) in [7, 11) is 0. The molecule has 6 heteroatoms. The highest BCUT2D eigenvalue weighted by Gasteiger charge is 2.21. The molecule has 2 amide bonds. The molecular weight excluding hydrogens is 386 g/mol. The minimum absolute atomic E-state index is 0.410. The Kier molecular flexibility index (Phi) is 7.67. The third kappa shape index (κ3) is 6.31. The summed E-state index contributed by atoms with van der Waals surface area (Å²) < 4.78 is 0. The van der Waals surface area contributed by atoms with Gasteiger partial charge in [-0.15, -0.1) is 0 Å². The summed E-state index contributed by atoms with van der Waals surface area (Å²) >= 11 is 6.05. The Morgan fingerprint density at radius 1 is 1.03 bits per heavy atom. The summed E-state index contributed by atoms with van der Waals surface area (Å²) in [5, 5.41) is 5.97. The molecule has 0 aromatic heterocycles. The summed E-state index contributed by atoms with van der Waals surface area (Å²) in [5.41, 5.74) is 2.67. The van der Waals surface area contributed by atoms with E-state index in [4.69, 9.17) is 11.6 Å². The number of hydrogen-bond acceptors (Lipinski definition) is 3. The molecule has 0 saturated carbocycles. The van der Waals surface area contributed by atoms with E-state index in [0.717, 1.165) is 44.5 Å². The number of anilines is 1. The highest BCUT2D eigenvalue weighted by molar-refractivity contribution is 6.40. The Bertz CT molecular complexity index is 833. The molecule has 0 unspecified atom stereocenters. The summed E-state index contributed by atoms with van der Waals surface area (Å²) in [4.78, 5) is 26.8. The lowest BCUT2D eigenvalue weighted by atomic mass is 9.96. The van der Waals surface area contributed by atoms with Crippen molar-refractivity contribution in [2.24, 2.45) is 5.92 Å². The zero-order valence-electron chi connectivity index (χ0n) is 16.8. The van der Waals surface area contributed by atoms with Crippen molar-refractivity contribution in [3.63, 3.8) is 0 Å². The number of benzene rings is 2. The molecule has 154 valence electrons. The van der Waals surface area contributed by atoms with Gasteiger partial charge in [-0.1, -0.05) is 48.0 Å². The lowest BCUT2D eigenvalue weighted by molar-refractivity contribution is -0.136. The van der Waals surface area contributed by atoms with Crippen LogP contribution in [-0.2, 0) is 16.0 Å². The largest absolute Gasteiger partial charge is 0.348 e. The zero-order valence-corrected chi connectivity index (χ0v) is 17.5. The van der Waals surface area contributed by atoms with Crippen LogP contribution in [0.2, 0.25) is 5.02 Å². The molecule has 2 aromatic rings. The SMILES string of the molecule is Cc1c(Cl)cccc1NC(=O)C(=O)NCC1CCN(CCc2ccccc2)CC1. The quantitative estimate of drug-likeness (QED) is 0.710. The van der Waals surface area contributed by atoms with E-state index in [9.17, 15) is 9.59 Å². The van der Waals surface area contributed by atoms with Crippen LogP contribution in [0.5, 0.6) is 0 Å². The number of hydrogen-bond donors (Lipinski definition) is 2. The standard InChI is InChI=1S/C23H28ClN3O2/c1-17-20(24)8-5-9-21(17)26-23(29)22(28)25-16-19-11-14-27(15-12-19)13-10-18-6-3-2-4-7-18/h2-9,19H,10-16H2,1H3,(H,25,28)(H,26,29). The van der Waals surface area contributed by atoms with Crippen LogP contribution >= 0.6 is 11.6 Å². The minimum atomic E-state index is -0.657. The van der Waals surface area contributed by atoms with Crippen LogP contribution in [0.1, 0.15) is 24.0 Å². The Labute approximate surface area is 177 Å². The van der Waals surface area contributed by atoms with Gasteiger partial charge >= 0.3 is 11.8 Å². The van der Waals surface area contributed by atoms with Gasteiger partial charge in [0, 0.05) is 23.8 Å². The van der Waals surface area contributed by atoms with E-state index in [2.05, 4.69) is 39.8 Å². The van der Waals surface area contributed by atoms with Crippen molar-refractivity contribution in [1.82, 2.24) is 10.2 Å². The number of piperidine rings is 1. The Morgan fingerprint density at radius 3 is 2.48 bits per heavy atom. The molecule has 1 aliphatic heterocycles. The van der Waals surface area contributed by atoms with E-state index in [-0.39, 0.29) is 0 Å². The Morgan fingerprint density at radius 2 is 1.76 bits per heavy atom. The maximum atomic E-state index is 12.1. The fraction of sp³-hybridized carbons (Fsp3) is 0.391. The summed E-state index contributed by atoms with van der Waals surface area (Å²) in [5.74, 6) is -0.848. The second-order valence-corrected chi connectivity index (χ2v) is 8.00. The third-order valence-corrected chi connectivity index (χ3v) is 5.95. The number of rotatable bonds is 6. The van der Waals surface area contributed by atoms with Gasteiger partial charge in [-0.3, -0.25) is 9.59 Å². The number of carbonyl (C=O) groups excluding carboxylic acids is 2. The molecule has 29 heavy (non-hydrogen) atoms. The monoisotopic (exact) mass is 413 g/mol. The molecule has 0 radical (unpaired) electrons. The topological polar surface area (TPSA) is 61.4 Å². The maximum Gasteiger partial charge on any atom is 0.313 e. The molecular formula is C23H28ClN3O2. The molecule has 1 heterocycles. The first-order valence-corrected chi connectivity index (χ1v) is 10.5. The first-order valence-electron chi connectivity index (χ1n) is 10.1. The number of halogens is 1. The van der Waals surface area contributed by atoms with Crippen LogP contribution < -0.4 is 10.6 Å². The molecule has 0 aliphatic carbocycles. The van der Waals surface area contributed by atoms with E-state index < -0.39 is 11.8 Å². The van der Waals surface area contributed by atoms with Crippen LogP contribution in [0.3, 0.4) is 0 Å². The van der Waals surface area contributed by atoms with Crippen molar-refractivity contribution in [3.8, 4) is 0 Å². The van der Waals surface area contributed by atoms with Crippen LogP contribution in [0.15, 0.2) is 48.5 Å². The van der Waals surface area contributed by atoms with Crippen molar-refractivity contribution < 1.29 is 9.59 Å². The second-order valence-electron chi connectivity index (χ2n) is 7.60. The second kappa shape index (κ2) is 10.4. The van der Waals surface area contributed by atoms with Crippen molar-refractivity contribution in [3.05, 3.63) is 64.7 Å². The highest BCUT2D eigenvalue weighted by atomic mass is 35.5. The van der Waals surface area contributed by atoms with E-state index in [1.807, 2.05) is 6.07 Å². The number of nitrogens with one attached hydrogen (secondary N) is 2. The minimum Gasteiger partial charge on any atom is -0.348 e. The number of carbonyl (C=O) groups is 2. The number of amides is 2. The molecule has 5 nitrogen and oxygen atoms in total. The lowest BCUT2D eigenvalue weighted by Gasteiger charge is -2.32. The molecule has 2 N–H and O–H groups in total. The van der Waals surface area contributed by atoms with Gasteiger partial charge in [0.2, 0.25) is 0 Å². The average molecular weight is 414 g/mol. The van der Waals surface area contributed by atoms with Gasteiger partial charge < -0.3 is 15.5 Å². The Balaban J connectivity index is 1.36. The van der Waals surface area contributed by atoms with E-state index in [1.165, 1.54) is 5.56 Å². The smallest absolute Gasteiger partial charge is 0.313 e. The van der Waals surface area contributed by atoms with Crippen LogP contribution in [0, 0.1) is 12.8 Å². The fourth-order valence-corrected chi connectivity index (χ4v) is 3.76. The van der Waals surface area contributed by atoms with E-state index in [1.54, 1.807) is 25.1 Å². The summed E-state index contributed by atoms with van der Waals surface area (Å²) in [6.07, 6.45) is 3.12. The Hall–Kier alpha value is -2.37. The van der Waals surface area contributed by atoms with Crippen molar-refractivity contribution in [1.29, 1.82) is 0 Å². The van der Waals surface area contributed by atoms with Gasteiger partial charge in [-0.25, -0.2) is 0 Å². The zero-order chi connectivity index (χ0) is 20.6. The molecule has 1 saturated heterocycles. The fourth-order valence-electron chi connectivity index (χ4n) is 3.59. The van der Waals surface area contributed by atoms with Crippen molar-refractivity contribution >= 4 is 29.1 Å². The van der Waals surface area contributed by atoms with Crippen LogP contribution in [0.25, 0.3) is 0 Å². The van der Waals surface area contributed by atoms with Gasteiger partial charge in [-0.2, -0.15) is 0 Å². The predicted octanol–water partition coefficient (Wildman–Crippen LogP) is 3.66. The van der Waals surface area contributed by atoms with Gasteiger partial charge in [0.15, 0.2) is 0 Å². The number of nitrogens with zero attached hydrogens (tertiary/aromatic N) is 1. The third-order valence-electron chi connectivity index (χ3n) is 5.54. The molecule has 1 fully saturated rings. The van der Waals surface area contributed by atoms with E-state index >= 15 is 0 Å². The van der Waals surface area contributed by atoms with Gasteiger partial charge in [0.1, 0.15) is 0 Å². The van der Waals surface area contributed by atoms with Gasteiger partial charge in [-0.05, 0) is 68.5 Å². The molecule has 3 rings (SSSR count).